The maximum absolute atomic E-state index is 12.4. The maximum Gasteiger partial charge on any atom is 0.339 e. The lowest BCUT2D eigenvalue weighted by Gasteiger charge is -2.17. The molecule has 2 heterocycles. The number of aromatic nitrogens is 2. The summed E-state index contributed by atoms with van der Waals surface area (Å²) in [6.45, 7) is 1.52. The van der Waals surface area contributed by atoms with Crippen molar-refractivity contribution >= 4 is 5.97 Å². The van der Waals surface area contributed by atoms with E-state index in [1.54, 1.807) is 12.1 Å². The number of ether oxygens (including phenoxy) is 1. The Balaban J connectivity index is 1.73. The normalized spacial score (nSPS) is 15.0. The minimum absolute atomic E-state index is 0.149. The van der Waals surface area contributed by atoms with Crippen LogP contribution < -0.4 is 4.74 Å². The molecule has 0 saturated carbocycles. The highest BCUT2D eigenvalue weighted by Gasteiger charge is 2.21. The second-order valence-corrected chi connectivity index (χ2v) is 5.58. The van der Waals surface area contributed by atoms with Gasteiger partial charge in [-0.05, 0) is 12.1 Å². The zero-order valence-electron chi connectivity index (χ0n) is 12.9. The van der Waals surface area contributed by atoms with Crippen LogP contribution in [0.5, 0.6) is 5.75 Å². The molecule has 8 heteroatoms. The van der Waals surface area contributed by atoms with E-state index in [9.17, 15) is 18.7 Å². The zero-order chi connectivity index (χ0) is 17.1. The van der Waals surface area contributed by atoms with Gasteiger partial charge in [0.2, 0.25) is 0 Å². The molecule has 3 rings (SSSR count). The summed E-state index contributed by atoms with van der Waals surface area (Å²) in [4.78, 5) is 13.3. The van der Waals surface area contributed by atoms with Crippen molar-refractivity contribution in [3.05, 3.63) is 47.3 Å². The number of para-hydroxylation sites is 1. The van der Waals surface area contributed by atoms with Crippen molar-refractivity contribution in [1.82, 2.24) is 14.7 Å². The fourth-order valence-corrected chi connectivity index (χ4v) is 2.74. The van der Waals surface area contributed by atoms with Gasteiger partial charge in [0.25, 0.3) is 6.43 Å². The first-order valence-corrected chi connectivity index (χ1v) is 7.54. The van der Waals surface area contributed by atoms with Gasteiger partial charge in [0.15, 0.2) is 0 Å². The molecule has 0 bridgehead atoms. The van der Waals surface area contributed by atoms with E-state index in [-0.39, 0.29) is 5.56 Å². The zero-order valence-corrected chi connectivity index (χ0v) is 12.9. The van der Waals surface area contributed by atoms with Crippen molar-refractivity contribution in [3.8, 4) is 5.75 Å². The van der Waals surface area contributed by atoms with Gasteiger partial charge in [-0.15, -0.1) is 0 Å². The molecule has 0 saturated heterocycles. The summed E-state index contributed by atoms with van der Waals surface area (Å²) in [5.41, 5.74) is 1.63. The van der Waals surface area contributed by atoms with Crippen LogP contribution in [0.4, 0.5) is 8.78 Å². The van der Waals surface area contributed by atoms with Crippen LogP contribution in [0.2, 0.25) is 0 Å². The summed E-state index contributed by atoms with van der Waals surface area (Å²) in [6, 6.07) is 6.74. The summed E-state index contributed by atoms with van der Waals surface area (Å²) in [5, 5.41) is 13.4. The fourth-order valence-electron chi connectivity index (χ4n) is 2.74. The van der Waals surface area contributed by atoms with Crippen LogP contribution in [0.3, 0.4) is 0 Å². The standard InChI is InChI=1S/C16H17F2N3O3/c17-14(18)10-21-5-4-12(19-21)9-20-6-7-24-15-11(8-20)2-1-3-13(15)16(22)23/h1-5,14H,6-10H2,(H,22,23). The number of carboxylic acids is 1. The third-order valence-corrected chi connectivity index (χ3v) is 3.78. The summed E-state index contributed by atoms with van der Waals surface area (Å²) in [7, 11) is 0. The van der Waals surface area contributed by atoms with Crippen LogP contribution in [-0.4, -0.2) is 45.3 Å². The molecule has 1 aromatic carbocycles. The quantitative estimate of drug-likeness (QED) is 0.906. The second kappa shape index (κ2) is 6.96. The van der Waals surface area contributed by atoms with E-state index in [0.29, 0.717) is 37.7 Å². The highest BCUT2D eigenvalue weighted by molar-refractivity contribution is 5.91. The Hall–Kier alpha value is -2.48. The third kappa shape index (κ3) is 3.70. The Morgan fingerprint density at radius 1 is 1.38 bits per heavy atom. The van der Waals surface area contributed by atoms with Crippen LogP contribution >= 0.6 is 0 Å². The van der Waals surface area contributed by atoms with Crippen LogP contribution in [0, 0.1) is 0 Å². The van der Waals surface area contributed by atoms with Crippen molar-refractivity contribution in [2.45, 2.75) is 26.1 Å². The number of carboxylic acid groups (broad SMARTS) is 1. The van der Waals surface area contributed by atoms with E-state index in [2.05, 4.69) is 5.10 Å². The molecule has 2 aromatic rings. The Kier molecular flexibility index (Phi) is 4.75. The number of benzene rings is 1. The van der Waals surface area contributed by atoms with Gasteiger partial charge in [0, 0.05) is 31.4 Å². The average molecular weight is 337 g/mol. The molecule has 0 unspecified atom stereocenters. The van der Waals surface area contributed by atoms with Crippen LogP contribution in [-0.2, 0) is 19.6 Å². The third-order valence-electron chi connectivity index (χ3n) is 3.78. The first kappa shape index (κ1) is 16.4. The van der Waals surface area contributed by atoms with Gasteiger partial charge in [-0.3, -0.25) is 9.58 Å². The molecule has 1 aromatic heterocycles. The monoisotopic (exact) mass is 337 g/mol. The topological polar surface area (TPSA) is 67.6 Å². The number of halogens is 2. The van der Waals surface area contributed by atoms with Crippen molar-refractivity contribution in [2.75, 3.05) is 13.2 Å². The van der Waals surface area contributed by atoms with Crippen molar-refractivity contribution in [3.63, 3.8) is 0 Å². The summed E-state index contributed by atoms with van der Waals surface area (Å²) in [6.07, 6.45) is -0.905. The molecule has 0 amide bonds. The highest BCUT2D eigenvalue weighted by Crippen LogP contribution is 2.28. The van der Waals surface area contributed by atoms with Crippen molar-refractivity contribution < 1.29 is 23.4 Å². The second-order valence-electron chi connectivity index (χ2n) is 5.58. The number of fused-ring (bicyclic) bond motifs is 1. The molecule has 0 spiro atoms. The van der Waals surface area contributed by atoms with Crippen molar-refractivity contribution in [2.24, 2.45) is 0 Å². The predicted octanol–water partition coefficient (Wildman–Crippen LogP) is 2.24. The molecule has 0 atom stereocenters. The lowest BCUT2D eigenvalue weighted by molar-refractivity contribution is 0.0692. The Morgan fingerprint density at radius 2 is 2.21 bits per heavy atom. The fraction of sp³-hybridized carbons (Fsp3) is 0.375. The molecule has 6 nitrogen and oxygen atoms in total. The molecule has 128 valence electrons. The maximum atomic E-state index is 12.4. The number of hydrogen-bond donors (Lipinski definition) is 1. The molecule has 0 radical (unpaired) electrons. The molecule has 1 N–H and O–H groups in total. The van der Waals surface area contributed by atoms with Gasteiger partial charge < -0.3 is 9.84 Å². The Labute approximate surface area is 137 Å². The molecule has 0 aliphatic carbocycles. The highest BCUT2D eigenvalue weighted by atomic mass is 19.3. The van der Waals surface area contributed by atoms with E-state index in [1.807, 2.05) is 11.0 Å². The minimum atomic E-state index is -2.44. The van der Waals surface area contributed by atoms with Crippen LogP contribution in [0.25, 0.3) is 0 Å². The van der Waals surface area contributed by atoms with Crippen molar-refractivity contribution in [1.29, 1.82) is 0 Å². The van der Waals surface area contributed by atoms with Crippen LogP contribution in [0.15, 0.2) is 30.5 Å². The molecule has 1 aliphatic heterocycles. The van der Waals surface area contributed by atoms with E-state index in [1.165, 1.54) is 16.9 Å². The first-order chi connectivity index (χ1) is 11.5. The smallest absolute Gasteiger partial charge is 0.339 e. The van der Waals surface area contributed by atoms with E-state index in [0.717, 1.165) is 5.56 Å². The minimum Gasteiger partial charge on any atom is -0.491 e. The molecule has 24 heavy (non-hydrogen) atoms. The predicted molar refractivity (Wildman–Crippen MR) is 81.2 cm³/mol. The van der Waals surface area contributed by atoms with Gasteiger partial charge >= 0.3 is 5.97 Å². The largest absolute Gasteiger partial charge is 0.491 e. The van der Waals surface area contributed by atoms with Gasteiger partial charge in [-0.1, -0.05) is 12.1 Å². The van der Waals surface area contributed by atoms with Gasteiger partial charge in [-0.25, -0.2) is 13.6 Å². The number of aromatic carboxylic acids is 1. The molecular weight excluding hydrogens is 320 g/mol. The first-order valence-electron chi connectivity index (χ1n) is 7.54. The van der Waals surface area contributed by atoms with E-state index >= 15 is 0 Å². The summed E-state index contributed by atoms with van der Waals surface area (Å²) >= 11 is 0. The number of nitrogens with zero attached hydrogens (tertiary/aromatic N) is 3. The van der Waals surface area contributed by atoms with Gasteiger partial charge in [0.05, 0.1) is 5.69 Å². The Bertz CT molecular complexity index is 733. The molecule has 1 aliphatic rings. The lowest BCUT2D eigenvalue weighted by Crippen LogP contribution is -2.25. The molecular formula is C16H17F2N3O3. The summed E-state index contributed by atoms with van der Waals surface area (Å²) in [5.74, 6) is -0.623. The SMILES string of the molecule is O=C(O)c1cccc2c1OCCN(Cc1ccn(CC(F)F)n1)C2. The molecule has 0 fully saturated rings. The van der Waals surface area contributed by atoms with E-state index < -0.39 is 18.9 Å². The number of carbonyl (C=O) groups is 1. The van der Waals surface area contributed by atoms with Gasteiger partial charge in [-0.2, -0.15) is 5.10 Å². The number of alkyl halides is 2. The van der Waals surface area contributed by atoms with Gasteiger partial charge in [0.1, 0.15) is 24.5 Å². The number of hydrogen-bond acceptors (Lipinski definition) is 4. The van der Waals surface area contributed by atoms with Crippen LogP contribution in [0.1, 0.15) is 21.6 Å². The average Bonchev–Trinajstić information content (AvgIpc) is 2.83. The summed E-state index contributed by atoms with van der Waals surface area (Å²) < 4.78 is 31.6. The number of rotatable bonds is 5. The van der Waals surface area contributed by atoms with E-state index in [4.69, 9.17) is 4.74 Å². The Morgan fingerprint density at radius 3 is 2.96 bits per heavy atom. The lowest BCUT2D eigenvalue weighted by atomic mass is 10.1.